The Morgan fingerprint density at radius 1 is 1.16 bits per heavy atom. The Labute approximate surface area is 153 Å². The van der Waals surface area contributed by atoms with Gasteiger partial charge in [-0.3, -0.25) is 4.79 Å². The second-order valence-electron chi connectivity index (χ2n) is 5.67. The van der Waals surface area contributed by atoms with Crippen molar-refractivity contribution in [2.45, 2.75) is 6.54 Å². The van der Waals surface area contributed by atoms with Gasteiger partial charge in [0.25, 0.3) is 5.91 Å². The number of hydrogen-bond donors (Lipinski definition) is 1. The average Bonchev–Trinajstić information content (AvgIpc) is 3.10. The first-order valence-corrected chi connectivity index (χ1v) is 8.90. The van der Waals surface area contributed by atoms with Crippen LogP contribution in [-0.2, 0) is 11.3 Å². The standard InChI is InChI=1S/C19H13FN2OS2/c20-15-7-3-1-5-12(15)10-22-11-13(14-6-2-4-8-16(14)22)9-17-18(23)21-19(24)25-17/h1-9,11H,10H2,(H,21,23,24)/b17-9-. The summed E-state index contributed by atoms with van der Waals surface area (Å²) >= 11 is 6.29. The molecular formula is C19H13FN2OS2. The molecule has 1 aliphatic heterocycles. The van der Waals surface area contributed by atoms with Crippen molar-refractivity contribution < 1.29 is 9.18 Å². The van der Waals surface area contributed by atoms with Crippen molar-refractivity contribution >= 4 is 51.2 Å². The van der Waals surface area contributed by atoms with Gasteiger partial charge in [0.05, 0.1) is 11.4 Å². The highest BCUT2D eigenvalue weighted by molar-refractivity contribution is 8.26. The van der Waals surface area contributed by atoms with Gasteiger partial charge in [0.1, 0.15) is 10.1 Å². The number of carbonyl (C=O) groups excluding carboxylic acids is 1. The molecule has 0 spiro atoms. The maximum Gasteiger partial charge on any atom is 0.263 e. The summed E-state index contributed by atoms with van der Waals surface area (Å²) in [6, 6.07) is 14.6. The van der Waals surface area contributed by atoms with Crippen molar-refractivity contribution in [3.05, 3.63) is 76.6 Å². The number of carbonyl (C=O) groups is 1. The number of hydrogen-bond acceptors (Lipinski definition) is 3. The van der Waals surface area contributed by atoms with E-state index in [1.165, 1.54) is 17.8 Å². The molecule has 0 bridgehead atoms. The number of para-hydroxylation sites is 1. The monoisotopic (exact) mass is 368 g/mol. The Balaban J connectivity index is 1.79. The zero-order valence-corrected chi connectivity index (χ0v) is 14.7. The highest BCUT2D eigenvalue weighted by Gasteiger charge is 2.22. The zero-order chi connectivity index (χ0) is 17.4. The van der Waals surface area contributed by atoms with Crippen molar-refractivity contribution in [3.63, 3.8) is 0 Å². The average molecular weight is 368 g/mol. The van der Waals surface area contributed by atoms with Crippen LogP contribution in [0.25, 0.3) is 17.0 Å². The van der Waals surface area contributed by atoms with Crippen LogP contribution in [-0.4, -0.2) is 14.8 Å². The van der Waals surface area contributed by atoms with Crippen LogP contribution in [0.2, 0.25) is 0 Å². The summed E-state index contributed by atoms with van der Waals surface area (Å²) in [5.74, 6) is -0.405. The van der Waals surface area contributed by atoms with Gasteiger partial charge < -0.3 is 9.88 Å². The molecule has 1 saturated heterocycles. The van der Waals surface area contributed by atoms with Gasteiger partial charge in [-0.1, -0.05) is 60.4 Å². The lowest BCUT2D eigenvalue weighted by Crippen LogP contribution is -2.17. The van der Waals surface area contributed by atoms with E-state index >= 15 is 0 Å². The quantitative estimate of drug-likeness (QED) is 0.552. The zero-order valence-electron chi connectivity index (χ0n) is 13.0. The molecule has 1 fully saturated rings. The number of halogens is 1. The van der Waals surface area contributed by atoms with Crippen LogP contribution in [0.1, 0.15) is 11.1 Å². The lowest BCUT2D eigenvalue weighted by molar-refractivity contribution is -0.115. The normalized spacial score (nSPS) is 16.0. The minimum Gasteiger partial charge on any atom is -0.342 e. The molecule has 0 saturated carbocycles. The third-order valence-electron chi connectivity index (χ3n) is 4.05. The van der Waals surface area contributed by atoms with Gasteiger partial charge in [0, 0.05) is 28.2 Å². The molecule has 4 rings (SSSR count). The second-order valence-corrected chi connectivity index (χ2v) is 7.39. The molecule has 0 radical (unpaired) electrons. The molecule has 1 aromatic heterocycles. The molecule has 0 atom stereocenters. The highest BCUT2D eigenvalue weighted by atomic mass is 32.2. The van der Waals surface area contributed by atoms with Crippen LogP contribution in [0, 0.1) is 5.82 Å². The van der Waals surface area contributed by atoms with Crippen molar-refractivity contribution in [1.82, 2.24) is 9.88 Å². The van der Waals surface area contributed by atoms with Crippen molar-refractivity contribution in [3.8, 4) is 0 Å². The molecule has 3 nitrogen and oxygen atoms in total. The first kappa shape index (κ1) is 16.1. The van der Waals surface area contributed by atoms with Crippen LogP contribution in [0.5, 0.6) is 0 Å². The number of nitrogens with zero attached hydrogens (tertiary/aromatic N) is 1. The van der Waals surface area contributed by atoms with Gasteiger partial charge in [-0.15, -0.1) is 0 Å². The summed E-state index contributed by atoms with van der Waals surface area (Å²) in [5, 5.41) is 3.63. The van der Waals surface area contributed by atoms with Gasteiger partial charge in [-0.25, -0.2) is 4.39 Å². The number of amides is 1. The summed E-state index contributed by atoms with van der Waals surface area (Å²) in [7, 11) is 0. The van der Waals surface area contributed by atoms with E-state index in [1.807, 2.05) is 47.2 Å². The van der Waals surface area contributed by atoms with Gasteiger partial charge >= 0.3 is 0 Å². The minimum atomic E-state index is -0.226. The van der Waals surface area contributed by atoms with E-state index in [9.17, 15) is 9.18 Å². The second kappa shape index (κ2) is 6.46. The van der Waals surface area contributed by atoms with E-state index in [0.29, 0.717) is 21.3 Å². The number of rotatable bonds is 3. The summed E-state index contributed by atoms with van der Waals surface area (Å²) in [5.41, 5.74) is 2.52. The number of benzene rings is 2. The number of thiocarbonyl (C=S) groups is 1. The van der Waals surface area contributed by atoms with Crippen LogP contribution in [0.4, 0.5) is 4.39 Å². The Bertz CT molecular complexity index is 1040. The number of nitrogens with one attached hydrogen (secondary N) is 1. The number of fused-ring (bicyclic) bond motifs is 1. The molecule has 124 valence electrons. The van der Waals surface area contributed by atoms with Crippen molar-refractivity contribution in [1.29, 1.82) is 0 Å². The Hall–Kier alpha value is -2.44. The van der Waals surface area contributed by atoms with Crippen LogP contribution in [0.3, 0.4) is 0 Å². The molecule has 6 heteroatoms. The Kier molecular flexibility index (Phi) is 4.15. The van der Waals surface area contributed by atoms with Crippen LogP contribution >= 0.6 is 24.0 Å². The molecule has 0 aliphatic carbocycles. The molecule has 3 aromatic rings. The van der Waals surface area contributed by atoms with E-state index in [2.05, 4.69) is 5.32 Å². The summed E-state index contributed by atoms with van der Waals surface area (Å²) < 4.78 is 16.5. The molecule has 0 unspecified atom stereocenters. The molecule has 2 aromatic carbocycles. The minimum absolute atomic E-state index is 0.180. The Morgan fingerprint density at radius 2 is 1.92 bits per heavy atom. The fourth-order valence-electron chi connectivity index (χ4n) is 2.89. The molecular weight excluding hydrogens is 355 g/mol. The largest absolute Gasteiger partial charge is 0.342 e. The van der Waals surface area contributed by atoms with Crippen molar-refractivity contribution in [2.24, 2.45) is 0 Å². The van der Waals surface area contributed by atoms with Gasteiger partial charge in [-0.05, 0) is 18.2 Å². The maximum atomic E-state index is 14.0. The van der Waals surface area contributed by atoms with E-state index in [4.69, 9.17) is 12.2 Å². The van der Waals surface area contributed by atoms with E-state index in [0.717, 1.165) is 16.5 Å². The van der Waals surface area contributed by atoms with E-state index in [-0.39, 0.29) is 11.7 Å². The molecule has 1 amide bonds. The third-order valence-corrected chi connectivity index (χ3v) is 5.21. The lowest BCUT2D eigenvalue weighted by Gasteiger charge is -2.06. The predicted molar refractivity (Wildman–Crippen MR) is 104 cm³/mol. The van der Waals surface area contributed by atoms with E-state index in [1.54, 1.807) is 12.1 Å². The summed E-state index contributed by atoms with van der Waals surface area (Å²) in [4.78, 5) is 12.5. The molecule has 25 heavy (non-hydrogen) atoms. The smallest absolute Gasteiger partial charge is 0.263 e. The maximum absolute atomic E-state index is 14.0. The van der Waals surface area contributed by atoms with Gasteiger partial charge in [0.2, 0.25) is 0 Å². The van der Waals surface area contributed by atoms with Crippen LogP contribution in [0.15, 0.2) is 59.6 Å². The van der Waals surface area contributed by atoms with Gasteiger partial charge in [0.15, 0.2) is 0 Å². The highest BCUT2D eigenvalue weighted by Crippen LogP contribution is 2.30. The fraction of sp³-hybridized carbons (Fsp3) is 0.0526. The first-order valence-electron chi connectivity index (χ1n) is 7.68. The third kappa shape index (κ3) is 3.10. The summed E-state index contributed by atoms with van der Waals surface area (Å²) in [6.45, 7) is 0.425. The topological polar surface area (TPSA) is 34.0 Å². The molecule has 2 heterocycles. The lowest BCUT2D eigenvalue weighted by atomic mass is 10.1. The van der Waals surface area contributed by atoms with Crippen LogP contribution < -0.4 is 5.32 Å². The predicted octanol–water partition coefficient (Wildman–Crippen LogP) is 4.32. The van der Waals surface area contributed by atoms with E-state index < -0.39 is 0 Å². The first-order chi connectivity index (χ1) is 12.1. The Morgan fingerprint density at radius 3 is 2.68 bits per heavy atom. The van der Waals surface area contributed by atoms with Gasteiger partial charge in [-0.2, -0.15) is 0 Å². The van der Waals surface area contributed by atoms with Crippen molar-refractivity contribution in [2.75, 3.05) is 0 Å². The SMILES string of the molecule is O=C1NC(=S)S/C1=C\c1cn(Cc2ccccc2F)c2ccccc12. The summed E-state index contributed by atoms with van der Waals surface area (Å²) in [6.07, 6.45) is 3.78. The fourth-order valence-corrected chi connectivity index (χ4v) is 3.93. The molecule has 1 N–H and O–H groups in total. The number of aromatic nitrogens is 1. The number of thioether (sulfide) groups is 1. The molecule has 1 aliphatic rings.